The molecule has 5 heteroatoms. The van der Waals surface area contributed by atoms with Crippen LogP contribution in [0.15, 0.2) is 47.8 Å². The number of nitrogens with zero attached hydrogens (tertiary/aromatic N) is 2. The van der Waals surface area contributed by atoms with E-state index in [9.17, 15) is 0 Å². The van der Waals surface area contributed by atoms with Crippen molar-refractivity contribution >= 4 is 22.7 Å². The van der Waals surface area contributed by atoms with E-state index in [2.05, 4.69) is 39.1 Å². The molecule has 0 saturated heterocycles. The minimum absolute atomic E-state index is 0.104. The van der Waals surface area contributed by atoms with Crippen molar-refractivity contribution in [2.75, 3.05) is 7.05 Å². The first-order valence-corrected chi connectivity index (χ1v) is 7.67. The van der Waals surface area contributed by atoms with Gasteiger partial charge in [-0.15, -0.1) is 21.5 Å². The van der Waals surface area contributed by atoms with Gasteiger partial charge in [0.1, 0.15) is 5.01 Å². The molecule has 1 atom stereocenters. The Bertz CT molecular complexity index is 632. The molecule has 96 valence electrons. The Morgan fingerprint density at radius 2 is 1.89 bits per heavy atom. The van der Waals surface area contributed by atoms with E-state index in [0.29, 0.717) is 0 Å². The van der Waals surface area contributed by atoms with E-state index in [-0.39, 0.29) is 6.04 Å². The standard InChI is InChI=1S/C14H13N3S2/c1-15-12(10-6-3-2-4-7-10)14-17-16-13(19-14)11-8-5-9-18-11/h2-9,12,15H,1H3. The average Bonchev–Trinajstić information content (AvgIpc) is 3.11. The second kappa shape index (κ2) is 5.61. The molecule has 0 bridgehead atoms. The van der Waals surface area contributed by atoms with Gasteiger partial charge in [0.15, 0.2) is 5.01 Å². The molecule has 0 aliphatic heterocycles. The first-order valence-electron chi connectivity index (χ1n) is 5.98. The van der Waals surface area contributed by atoms with Gasteiger partial charge in [0.2, 0.25) is 0 Å². The summed E-state index contributed by atoms with van der Waals surface area (Å²) in [5, 5.41) is 16.0. The Morgan fingerprint density at radius 1 is 1.05 bits per heavy atom. The maximum atomic E-state index is 4.33. The number of hydrogen-bond donors (Lipinski definition) is 1. The van der Waals surface area contributed by atoms with Crippen LogP contribution in [0.1, 0.15) is 16.6 Å². The number of hydrogen-bond acceptors (Lipinski definition) is 5. The normalized spacial score (nSPS) is 12.5. The highest BCUT2D eigenvalue weighted by molar-refractivity contribution is 7.20. The number of rotatable bonds is 4. The molecule has 2 heterocycles. The molecule has 1 unspecified atom stereocenters. The van der Waals surface area contributed by atoms with Crippen LogP contribution >= 0.6 is 22.7 Å². The maximum absolute atomic E-state index is 4.33. The Kier molecular flexibility index (Phi) is 3.68. The van der Waals surface area contributed by atoms with E-state index in [1.807, 2.05) is 31.3 Å². The van der Waals surface area contributed by atoms with E-state index in [4.69, 9.17) is 0 Å². The Hall–Kier alpha value is -1.56. The molecular weight excluding hydrogens is 274 g/mol. The number of nitrogens with one attached hydrogen (secondary N) is 1. The molecule has 3 aromatic rings. The fourth-order valence-corrected chi connectivity index (χ4v) is 3.70. The van der Waals surface area contributed by atoms with Crippen molar-refractivity contribution in [2.24, 2.45) is 0 Å². The van der Waals surface area contributed by atoms with E-state index in [1.54, 1.807) is 22.7 Å². The van der Waals surface area contributed by atoms with Crippen LogP contribution < -0.4 is 5.32 Å². The first kappa shape index (κ1) is 12.5. The van der Waals surface area contributed by atoms with Gasteiger partial charge >= 0.3 is 0 Å². The van der Waals surface area contributed by atoms with Gasteiger partial charge in [-0.25, -0.2) is 0 Å². The van der Waals surface area contributed by atoms with Crippen LogP contribution in [0.25, 0.3) is 9.88 Å². The van der Waals surface area contributed by atoms with Crippen LogP contribution in [0.4, 0.5) is 0 Å². The molecule has 2 aromatic heterocycles. The molecule has 0 aliphatic rings. The molecule has 19 heavy (non-hydrogen) atoms. The topological polar surface area (TPSA) is 37.8 Å². The van der Waals surface area contributed by atoms with Crippen LogP contribution in [0.2, 0.25) is 0 Å². The zero-order chi connectivity index (χ0) is 13.1. The van der Waals surface area contributed by atoms with Crippen molar-refractivity contribution in [3.05, 3.63) is 58.4 Å². The number of aromatic nitrogens is 2. The summed E-state index contributed by atoms with van der Waals surface area (Å²) in [7, 11) is 1.95. The largest absolute Gasteiger partial charge is 0.307 e. The molecule has 0 amide bonds. The minimum atomic E-state index is 0.104. The lowest BCUT2D eigenvalue weighted by Gasteiger charge is -2.12. The van der Waals surface area contributed by atoms with Crippen molar-refractivity contribution in [1.29, 1.82) is 0 Å². The van der Waals surface area contributed by atoms with Gasteiger partial charge in [-0.3, -0.25) is 0 Å². The quantitative estimate of drug-likeness (QED) is 0.797. The lowest BCUT2D eigenvalue weighted by atomic mass is 10.1. The highest BCUT2D eigenvalue weighted by Crippen LogP contribution is 2.31. The first-order chi connectivity index (χ1) is 9.38. The smallest absolute Gasteiger partial charge is 0.157 e. The van der Waals surface area contributed by atoms with Gasteiger partial charge in [0.25, 0.3) is 0 Å². The maximum Gasteiger partial charge on any atom is 0.157 e. The summed E-state index contributed by atoms with van der Waals surface area (Å²) >= 11 is 3.34. The van der Waals surface area contributed by atoms with Crippen molar-refractivity contribution in [3.8, 4) is 9.88 Å². The van der Waals surface area contributed by atoms with Crippen LogP contribution in [0.5, 0.6) is 0 Å². The lowest BCUT2D eigenvalue weighted by Crippen LogP contribution is -2.17. The third-order valence-electron chi connectivity index (χ3n) is 2.84. The zero-order valence-electron chi connectivity index (χ0n) is 10.4. The van der Waals surface area contributed by atoms with Crippen LogP contribution in [-0.4, -0.2) is 17.2 Å². The molecule has 1 N–H and O–H groups in total. The van der Waals surface area contributed by atoms with E-state index >= 15 is 0 Å². The molecule has 0 aliphatic carbocycles. The highest BCUT2D eigenvalue weighted by atomic mass is 32.1. The lowest BCUT2D eigenvalue weighted by molar-refractivity contribution is 0.678. The fraction of sp³-hybridized carbons (Fsp3) is 0.143. The van der Waals surface area contributed by atoms with Crippen molar-refractivity contribution < 1.29 is 0 Å². The van der Waals surface area contributed by atoms with Gasteiger partial charge in [0.05, 0.1) is 10.9 Å². The average molecular weight is 287 g/mol. The van der Waals surface area contributed by atoms with Gasteiger partial charge in [0, 0.05) is 0 Å². The summed E-state index contributed by atoms with van der Waals surface area (Å²) in [6, 6.07) is 14.5. The summed E-state index contributed by atoms with van der Waals surface area (Å²) in [6.45, 7) is 0. The summed E-state index contributed by atoms with van der Waals surface area (Å²) in [5.74, 6) is 0. The summed E-state index contributed by atoms with van der Waals surface area (Å²) in [4.78, 5) is 1.17. The highest BCUT2D eigenvalue weighted by Gasteiger charge is 2.17. The van der Waals surface area contributed by atoms with Gasteiger partial charge in [-0.1, -0.05) is 47.7 Å². The fourth-order valence-electron chi connectivity index (χ4n) is 1.93. The molecule has 0 fully saturated rings. The molecular formula is C14H13N3S2. The molecule has 0 spiro atoms. The zero-order valence-corrected chi connectivity index (χ0v) is 12.0. The van der Waals surface area contributed by atoms with E-state index in [1.165, 1.54) is 10.4 Å². The van der Waals surface area contributed by atoms with Crippen LogP contribution in [0, 0.1) is 0 Å². The summed E-state index contributed by atoms with van der Waals surface area (Å²) < 4.78 is 0. The second-order valence-electron chi connectivity index (χ2n) is 4.06. The third kappa shape index (κ3) is 2.58. The molecule has 0 radical (unpaired) electrons. The molecule has 3 nitrogen and oxygen atoms in total. The number of benzene rings is 1. The third-order valence-corrected chi connectivity index (χ3v) is 4.87. The molecule has 3 rings (SSSR count). The van der Waals surface area contributed by atoms with Crippen LogP contribution in [0.3, 0.4) is 0 Å². The minimum Gasteiger partial charge on any atom is -0.307 e. The van der Waals surface area contributed by atoms with Gasteiger partial charge in [-0.05, 0) is 24.1 Å². The summed E-state index contributed by atoms with van der Waals surface area (Å²) in [5.41, 5.74) is 1.21. The molecule has 1 aromatic carbocycles. The monoisotopic (exact) mass is 287 g/mol. The van der Waals surface area contributed by atoms with Crippen molar-refractivity contribution in [2.45, 2.75) is 6.04 Å². The van der Waals surface area contributed by atoms with Gasteiger partial charge in [-0.2, -0.15) is 0 Å². The van der Waals surface area contributed by atoms with Crippen molar-refractivity contribution in [3.63, 3.8) is 0 Å². The number of thiophene rings is 1. The Morgan fingerprint density at radius 3 is 2.58 bits per heavy atom. The second-order valence-corrected chi connectivity index (χ2v) is 6.01. The molecule has 0 saturated carbocycles. The Labute approximate surface area is 120 Å². The Balaban J connectivity index is 1.93. The summed E-state index contributed by atoms with van der Waals surface area (Å²) in [6.07, 6.45) is 0. The van der Waals surface area contributed by atoms with E-state index in [0.717, 1.165) is 10.0 Å². The van der Waals surface area contributed by atoms with E-state index < -0.39 is 0 Å². The SMILES string of the molecule is CNC(c1ccccc1)c1nnc(-c2cccs2)s1. The van der Waals surface area contributed by atoms with Crippen LogP contribution in [-0.2, 0) is 0 Å². The predicted octanol–water partition coefficient (Wildman–Crippen LogP) is 3.58. The predicted molar refractivity (Wildman–Crippen MR) is 80.6 cm³/mol. The van der Waals surface area contributed by atoms with Gasteiger partial charge < -0.3 is 5.32 Å². The van der Waals surface area contributed by atoms with Crippen molar-refractivity contribution in [1.82, 2.24) is 15.5 Å².